The molecule has 0 saturated heterocycles. The molecule has 2 aromatic carbocycles. The minimum absolute atomic E-state index is 0.0645. The molecule has 0 radical (unpaired) electrons. The number of hydrogen-bond acceptors (Lipinski definition) is 5. The van der Waals surface area contributed by atoms with Crippen LogP contribution in [0.5, 0.6) is 0 Å². The molecular weight excluding hydrogens is 434 g/mol. The maximum absolute atomic E-state index is 12.8. The van der Waals surface area contributed by atoms with Crippen LogP contribution < -0.4 is 10.1 Å². The number of anilines is 1. The summed E-state index contributed by atoms with van der Waals surface area (Å²) in [5, 5.41) is 3.18. The van der Waals surface area contributed by atoms with E-state index in [2.05, 4.69) is 9.71 Å². The molecule has 0 spiro atoms. The molecule has 3 aromatic rings. The lowest BCUT2D eigenvalue weighted by molar-refractivity contribution is -0.114. The van der Waals surface area contributed by atoms with Gasteiger partial charge in [-0.3, -0.25) is 4.79 Å². The molecule has 3 rings (SSSR count). The summed E-state index contributed by atoms with van der Waals surface area (Å²) in [6.07, 6.45) is 0. The summed E-state index contributed by atoms with van der Waals surface area (Å²) in [5.41, 5.74) is 1.45. The Bertz CT molecular complexity index is 1200. The lowest BCUT2D eigenvalue weighted by Crippen LogP contribution is -2.19. The van der Waals surface area contributed by atoms with Crippen molar-refractivity contribution >= 4 is 54.8 Å². The number of halogens is 1. The van der Waals surface area contributed by atoms with Gasteiger partial charge in [0.25, 0.3) is 10.0 Å². The van der Waals surface area contributed by atoms with Crippen LogP contribution in [0.25, 0.3) is 10.2 Å². The second-order valence-corrected chi connectivity index (χ2v) is 9.17. The molecule has 10 heteroatoms. The Hall–Kier alpha value is -2.20. The fourth-order valence-corrected chi connectivity index (χ4v) is 5.13. The van der Waals surface area contributed by atoms with Gasteiger partial charge in [-0.1, -0.05) is 22.9 Å². The van der Waals surface area contributed by atoms with Crippen molar-refractivity contribution in [2.45, 2.75) is 25.3 Å². The third kappa shape index (κ3) is 5.24. The number of ether oxygens (including phenoxy) is 1. The van der Waals surface area contributed by atoms with Crippen LogP contribution in [0.4, 0.5) is 5.69 Å². The molecule has 1 N–H and O–H groups in total. The van der Waals surface area contributed by atoms with E-state index in [1.54, 1.807) is 16.7 Å². The lowest BCUT2D eigenvalue weighted by Gasteiger charge is -2.07. The molecule has 1 aromatic heterocycles. The SMILES string of the molecule is CCOCCn1c(=NS(=O)(=O)c2ccc(Cl)cc2)sc2cc(NC(C)=O)ccc21. The van der Waals surface area contributed by atoms with Gasteiger partial charge in [-0.2, -0.15) is 8.42 Å². The van der Waals surface area contributed by atoms with E-state index in [9.17, 15) is 13.2 Å². The van der Waals surface area contributed by atoms with Gasteiger partial charge in [0.1, 0.15) is 0 Å². The molecule has 7 nitrogen and oxygen atoms in total. The third-order valence-electron chi connectivity index (χ3n) is 3.98. The van der Waals surface area contributed by atoms with E-state index in [1.807, 2.05) is 13.0 Å². The number of thiazole rings is 1. The number of aromatic nitrogens is 1. The molecule has 1 heterocycles. The fourth-order valence-electron chi connectivity index (χ4n) is 2.70. The summed E-state index contributed by atoms with van der Waals surface area (Å²) in [5.74, 6) is -0.180. The van der Waals surface area contributed by atoms with Crippen molar-refractivity contribution in [3.63, 3.8) is 0 Å². The second-order valence-electron chi connectivity index (χ2n) is 6.12. The molecule has 0 aliphatic carbocycles. The maximum atomic E-state index is 12.8. The Kier molecular flexibility index (Phi) is 6.74. The summed E-state index contributed by atoms with van der Waals surface area (Å²) in [7, 11) is -3.91. The minimum atomic E-state index is -3.91. The number of hydrogen-bond donors (Lipinski definition) is 1. The van der Waals surface area contributed by atoms with Gasteiger partial charge in [0.2, 0.25) is 10.7 Å². The van der Waals surface area contributed by atoms with Crippen LogP contribution in [-0.4, -0.2) is 32.1 Å². The molecule has 0 aliphatic rings. The highest BCUT2D eigenvalue weighted by atomic mass is 35.5. The fraction of sp³-hybridized carbons (Fsp3) is 0.263. The van der Waals surface area contributed by atoms with Crippen LogP contribution in [0.2, 0.25) is 5.02 Å². The number of amides is 1. The molecule has 0 unspecified atom stereocenters. The number of rotatable bonds is 7. The summed E-state index contributed by atoms with van der Waals surface area (Å²) >= 11 is 7.08. The molecule has 0 saturated carbocycles. The highest BCUT2D eigenvalue weighted by Gasteiger charge is 2.15. The van der Waals surface area contributed by atoms with E-state index in [0.717, 1.165) is 10.2 Å². The van der Waals surface area contributed by atoms with Crippen LogP contribution >= 0.6 is 22.9 Å². The first-order valence-electron chi connectivity index (χ1n) is 8.85. The van der Waals surface area contributed by atoms with Crippen molar-refractivity contribution in [2.75, 3.05) is 18.5 Å². The molecule has 0 atom stereocenters. The first-order valence-corrected chi connectivity index (χ1v) is 11.5. The number of sulfonamides is 1. The van der Waals surface area contributed by atoms with Gasteiger partial charge in [0, 0.05) is 30.8 Å². The Morgan fingerprint density at radius 2 is 1.97 bits per heavy atom. The standard InChI is InChI=1S/C19H20ClN3O4S2/c1-3-27-11-10-23-17-9-6-15(21-13(2)24)12-18(17)28-19(23)22-29(25,26)16-7-4-14(20)5-8-16/h4-9,12H,3,10-11H2,1-2H3,(H,21,24). The quantitative estimate of drug-likeness (QED) is 0.553. The van der Waals surface area contributed by atoms with Crippen molar-refractivity contribution in [1.29, 1.82) is 0 Å². The largest absolute Gasteiger partial charge is 0.380 e. The van der Waals surface area contributed by atoms with Crippen molar-refractivity contribution in [3.05, 3.63) is 52.3 Å². The van der Waals surface area contributed by atoms with Gasteiger partial charge in [-0.25, -0.2) is 0 Å². The first kappa shape index (κ1) is 21.5. The van der Waals surface area contributed by atoms with Crippen molar-refractivity contribution in [3.8, 4) is 0 Å². The van der Waals surface area contributed by atoms with Gasteiger partial charge in [-0.15, -0.1) is 4.40 Å². The second kappa shape index (κ2) is 9.08. The van der Waals surface area contributed by atoms with Gasteiger partial charge in [0.15, 0.2) is 0 Å². The maximum Gasteiger partial charge on any atom is 0.285 e. The van der Waals surface area contributed by atoms with E-state index in [-0.39, 0.29) is 10.8 Å². The van der Waals surface area contributed by atoms with Gasteiger partial charge < -0.3 is 14.6 Å². The summed E-state index contributed by atoms with van der Waals surface area (Å²) in [6.45, 7) is 4.75. The number of carbonyl (C=O) groups is 1. The van der Waals surface area contributed by atoms with Crippen molar-refractivity contribution in [2.24, 2.45) is 4.40 Å². The van der Waals surface area contributed by atoms with Gasteiger partial charge in [0.05, 0.1) is 21.7 Å². The predicted molar refractivity (Wildman–Crippen MR) is 115 cm³/mol. The molecule has 0 aliphatic heterocycles. The topological polar surface area (TPSA) is 89.8 Å². The highest BCUT2D eigenvalue weighted by Crippen LogP contribution is 2.23. The van der Waals surface area contributed by atoms with E-state index in [0.29, 0.717) is 35.3 Å². The summed E-state index contributed by atoms with van der Waals surface area (Å²) in [6, 6.07) is 11.3. The van der Waals surface area contributed by atoms with Crippen LogP contribution in [0.3, 0.4) is 0 Å². The predicted octanol–water partition coefficient (Wildman–Crippen LogP) is 3.64. The molecule has 0 fully saturated rings. The van der Waals surface area contributed by atoms with E-state index in [1.165, 1.54) is 42.5 Å². The zero-order chi connectivity index (χ0) is 21.0. The normalized spacial score (nSPS) is 12.4. The number of benzene rings is 2. The average molecular weight is 454 g/mol. The number of nitrogens with one attached hydrogen (secondary N) is 1. The van der Waals surface area contributed by atoms with Crippen molar-refractivity contribution < 1.29 is 17.9 Å². The zero-order valence-electron chi connectivity index (χ0n) is 15.9. The van der Waals surface area contributed by atoms with E-state index >= 15 is 0 Å². The molecule has 29 heavy (non-hydrogen) atoms. The smallest absolute Gasteiger partial charge is 0.285 e. The monoisotopic (exact) mass is 453 g/mol. The first-order chi connectivity index (χ1) is 13.8. The zero-order valence-corrected chi connectivity index (χ0v) is 18.3. The van der Waals surface area contributed by atoms with Crippen molar-refractivity contribution in [1.82, 2.24) is 4.57 Å². The Morgan fingerprint density at radius 1 is 1.24 bits per heavy atom. The van der Waals surface area contributed by atoms with Crippen LogP contribution in [0.15, 0.2) is 51.8 Å². The number of fused-ring (bicyclic) bond motifs is 1. The lowest BCUT2D eigenvalue weighted by atomic mass is 10.3. The Morgan fingerprint density at radius 3 is 2.62 bits per heavy atom. The molecule has 0 bridgehead atoms. The highest BCUT2D eigenvalue weighted by molar-refractivity contribution is 7.90. The molecule has 154 valence electrons. The van der Waals surface area contributed by atoms with Gasteiger partial charge >= 0.3 is 0 Å². The molecule has 1 amide bonds. The van der Waals surface area contributed by atoms with Gasteiger partial charge in [-0.05, 0) is 49.4 Å². The number of nitrogens with zero attached hydrogens (tertiary/aromatic N) is 2. The van der Waals surface area contributed by atoms with Crippen LogP contribution in [0.1, 0.15) is 13.8 Å². The molecular formula is C19H20ClN3O4S2. The Balaban J connectivity index is 2.12. The van der Waals surface area contributed by atoms with E-state index in [4.69, 9.17) is 16.3 Å². The average Bonchev–Trinajstić information content (AvgIpc) is 2.97. The third-order valence-corrected chi connectivity index (χ3v) is 6.67. The van der Waals surface area contributed by atoms with Crippen LogP contribution in [0, 0.1) is 0 Å². The minimum Gasteiger partial charge on any atom is -0.380 e. The summed E-state index contributed by atoms with van der Waals surface area (Å²) in [4.78, 5) is 11.7. The van der Waals surface area contributed by atoms with E-state index < -0.39 is 10.0 Å². The Labute approximate surface area is 177 Å². The van der Waals surface area contributed by atoms with Crippen LogP contribution in [-0.2, 0) is 26.1 Å². The summed E-state index contributed by atoms with van der Waals surface area (Å²) < 4.78 is 37.7. The number of carbonyl (C=O) groups excluding carboxylic acids is 1.